The molecule has 1 aromatic rings. The highest BCUT2D eigenvalue weighted by atomic mass is 16.6. The Morgan fingerprint density at radius 3 is 2.45 bits per heavy atom. The zero-order valence-corrected chi connectivity index (χ0v) is 13.3. The lowest BCUT2D eigenvalue weighted by atomic mass is 10.1. The first-order valence-corrected chi connectivity index (χ1v) is 7.44. The number of phenols is 1. The Morgan fingerprint density at radius 2 is 1.91 bits per heavy atom. The van der Waals surface area contributed by atoms with Crippen LogP contribution in [0.4, 0.5) is 10.5 Å². The van der Waals surface area contributed by atoms with E-state index in [1.807, 2.05) is 32.9 Å². The summed E-state index contributed by atoms with van der Waals surface area (Å²) in [4.78, 5) is 15.9. The van der Waals surface area contributed by atoms with Crippen LogP contribution in [0, 0.1) is 0 Å². The fourth-order valence-corrected chi connectivity index (χ4v) is 2.47. The molecule has 1 amide bonds. The van der Waals surface area contributed by atoms with Crippen LogP contribution in [0.25, 0.3) is 0 Å². The third-order valence-corrected chi connectivity index (χ3v) is 3.54. The van der Waals surface area contributed by atoms with Crippen molar-refractivity contribution in [3.8, 4) is 5.75 Å². The number of rotatable bonds is 2. The largest absolute Gasteiger partial charge is 0.508 e. The first kappa shape index (κ1) is 16.4. The van der Waals surface area contributed by atoms with E-state index >= 15 is 0 Å². The van der Waals surface area contributed by atoms with Crippen molar-refractivity contribution in [2.45, 2.75) is 32.4 Å². The number of nitrogens with zero attached hydrogens (tertiary/aromatic N) is 2. The predicted molar refractivity (Wildman–Crippen MR) is 84.1 cm³/mol. The Kier molecular flexibility index (Phi) is 4.81. The van der Waals surface area contributed by atoms with E-state index in [0.717, 1.165) is 5.69 Å². The Morgan fingerprint density at radius 1 is 1.27 bits per heavy atom. The Hall–Kier alpha value is -1.95. The number of piperazine rings is 1. The van der Waals surface area contributed by atoms with Gasteiger partial charge >= 0.3 is 6.09 Å². The van der Waals surface area contributed by atoms with Gasteiger partial charge in [0.15, 0.2) is 0 Å². The van der Waals surface area contributed by atoms with Crippen LogP contribution >= 0.6 is 0 Å². The Balaban J connectivity index is 2.05. The first-order chi connectivity index (χ1) is 10.3. The van der Waals surface area contributed by atoms with Crippen LogP contribution in [0.15, 0.2) is 24.3 Å². The summed E-state index contributed by atoms with van der Waals surface area (Å²) >= 11 is 0. The van der Waals surface area contributed by atoms with E-state index in [-0.39, 0.29) is 18.4 Å². The van der Waals surface area contributed by atoms with E-state index in [0.29, 0.717) is 19.6 Å². The van der Waals surface area contributed by atoms with Gasteiger partial charge in [-0.15, -0.1) is 0 Å². The van der Waals surface area contributed by atoms with Crippen molar-refractivity contribution in [3.05, 3.63) is 24.3 Å². The average Bonchev–Trinajstić information content (AvgIpc) is 2.45. The van der Waals surface area contributed by atoms with Gasteiger partial charge < -0.3 is 19.8 Å². The van der Waals surface area contributed by atoms with Gasteiger partial charge in [0, 0.05) is 25.3 Å². The van der Waals surface area contributed by atoms with Gasteiger partial charge in [0.2, 0.25) is 0 Å². The monoisotopic (exact) mass is 308 g/mol. The second-order valence-electron chi connectivity index (χ2n) is 6.47. The summed E-state index contributed by atoms with van der Waals surface area (Å²) in [5.41, 5.74) is 0.408. The lowest BCUT2D eigenvalue weighted by Crippen LogP contribution is -2.57. The number of aliphatic hydroxyl groups is 1. The number of carbonyl (C=O) groups is 1. The van der Waals surface area contributed by atoms with E-state index in [2.05, 4.69) is 4.90 Å². The van der Waals surface area contributed by atoms with Crippen LogP contribution in [-0.4, -0.2) is 59.1 Å². The second kappa shape index (κ2) is 6.44. The highest BCUT2D eigenvalue weighted by Crippen LogP contribution is 2.23. The number of aliphatic hydroxyl groups excluding tert-OH is 1. The van der Waals surface area contributed by atoms with E-state index in [1.165, 1.54) is 0 Å². The molecule has 0 aliphatic carbocycles. The van der Waals surface area contributed by atoms with E-state index < -0.39 is 11.7 Å². The second-order valence-corrected chi connectivity index (χ2v) is 6.47. The fourth-order valence-electron chi connectivity index (χ4n) is 2.47. The lowest BCUT2D eigenvalue weighted by molar-refractivity contribution is 0.00704. The van der Waals surface area contributed by atoms with Crippen LogP contribution in [0.1, 0.15) is 20.8 Å². The van der Waals surface area contributed by atoms with Gasteiger partial charge in [-0.2, -0.15) is 0 Å². The van der Waals surface area contributed by atoms with Crippen molar-refractivity contribution in [2.75, 3.05) is 31.1 Å². The molecule has 0 saturated carbocycles. The normalized spacial score (nSPS) is 19.2. The minimum atomic E-state index is -0.550. The number of anilines is 1. The van der Waals surface area contributed by atoms with Gasteiger partial charge in [-0.25, -0.2) is 4.79 Å². The number of aromatic hydroxyl groups is 1. The third kappa shape index (κ3) is 4.04. The molecule has 1 unspecified atom stereocenters. The molecule has 6 heteroatoms. The van der Waals surface area contributed by atoms with Crippen LogP contribution in [0.3, 0.4) is 0 Å². The number of carbonyl (C=O) groups excluding carboxylic acids is 1. The Labute approximate surface area is 130 Å². The minimum Gasteiger partial charge on any atom is -0.508 e. The highest BCUT2D eigenvalue weighted by Gasteiger charge is 2.33. The molecule has 0 bridgehead atoms. The molecule has 1 saturated heterocycles. The molecule has 22 heavy (non-hydrogen) atoms. The third-order valence-electron chi connectivity index (χ3n) is 3.54. The number of ether oxygens (including phenoxy) is 1. The topological polar surface area (TPSA) is 73.2 Å². The number of hydrogen-bond donors (Lipinski definition) is 2. The molecular weight excluding hydrogens is 284 g/mol. The first-order valence-electron chi connectivity index (χ1n) is 7.44. The molecule has 1 fully saturated rings. The summed E-state index contributed by atoms with van der Waals surface area (Å²) in [6.45, 7) is 7.03. The maximum absolute atomic E-state index is 12.2. The minimum absolute atomic E-state index is 0.117. The SMILES string of the molecule is CC(C)(C)OC(=O)N1CCN(c2ccc(O)cc2)CC1CO. The molecule has 2 N–H and O–H groups in total. The summed E-state index contributed by atoms with van der Waals surface area (Å²) in [6, 6.07) is 6.60. The quantitative estimate of drug-likeness (QED) is 0.872. The summed E-state index contributed by atoms with van der Waals surface area (Å²) in [5, 5.41) is 18.9. The number of hydrogen-bond acceptors (Lipinski definition) is 5. The maximum Gasteiger partial charge on any atom is 0.410 e. The fraction of sp³-hybridized carbons (Fsp3) is 0.562. The molecule has 122 valence electrons. The van der Waals surface area contributed by atoms with Crippen LogP contribution in [-0.2, 0) is 4.74 Å². The standard InChI is InChI=1S/C16H24N2O4/c1-16(2,3)22-15(21)18-9-8-17(10-13(18)11-19)12-4-6-14(20)7-5-12/h4-7,13,19-20H,8-11H2,1-3H3. The lowest BCUT2D eigenvalue weighted by Gasteiger charge is -2.41. The molecule has 1 aliphatic rings. The Bertz CT molecular complexity index is 510. The van der Waals surface area contributed by atoms with E-state index in [1.54, 1.807) is 17.0 Å². The molecule has 6 nitrogen and oxygen atoms in total. The summed E-state index contributed by atoms with van der Waals surface area (Å²) in [5.74, 6) is 0.217. The maximum atomic E-state index is 12.2. The molecule has 2 rings (SSSR count). The van der Waals surface area contributed by atoms with Gasteiger partial charge in [0.1, 0.15) is 11.4 Å². The molecule has 1 atom stereocenters. The van der Waals surface area contributed by atoms with E-state index in [4.69, 9.17) is 4.74 Å². The molecule has 0 aromatic heterocycles. The smallest absolute Gasteiger partial charge is 0.410 e. The van der Waals surface area contributed by atoms with Gasteiger partial charge in [0.25, 0.3) is 0 Å². The zero-order chi connectivity index (χ0) is 16.3. The molecule has 0 radical (unpaired) electrons. The van der Waals surface area contributed by atoms with Gasteiger partial charge in [0.05, 0.1) is 12.6 Å². The van der Waals surface area contributed by atoms with Crippen molar-refractivity contribution in [2.24, 2.45) is 0 Å². The zero-order valence-electron chi connectivity index (χ0n) is 13.3. The van der Waals surface area contributed by atoms with Crippen LogP contribution < -0.4 is 4.90 Å². The number of amides is 1. The molecule has 0 spiro atoms. The van der Waals surface area contributed by atoms with Crippen LogP contribution in [0.5, 0.6) is 5.75 Å². The van der Waals surface area contributed by atoms with Crippen molar-refractivity contribution in [3.63, 3.8) is 0 Å². The average molecular weight is 308 g/mol. The molecule has 1 aromatic carbocycles. The summed E-state index contributed by atoms with van der Waals surface area (Å²) < 4.78 is 5.39. The summed E-state index contributed by atoms with van der Waals surface area (Å²) in [6.07, 6.45) is -0.392. The number of benzene rings is 1. The molecular formula is C16H24N2O4. The highest BCUT2D eigenvalue weighted by molar-refractivity contribution is 5.69. The predicted octanol–water partition coefficient (Wildman–Crippen LogP) is 1.81. The molecule has 1 aliphatic heterocycles. The number of phenolic OH excluding ortho intramolecular Hbond substituents is 1. The van der Waals surface area contributed by atoms with Gasteiger partial charge in [-0.05, 0) is 45.0 Å². The van der Waals surface area contributed by atoms with Gasteiger partial charge in [-0.1, -0.05) is 0 Å². The van der Waals surface area contributed by atoms with Crippen molar-refractivity contribution < 1.29 is 19.7 Å². The van der Waals surface area contributed by atoms with E-state index in [9.17, 15) is 15.0 Å². The van der Waals surface area contributed by atoms with Crippen LogP contribution in [0.2, 0.25) is 0 Å². The van der Waals surface area contributed by atoms with Crippen molar-refractivity contribution in [1.29, 1.82) is 0 Å². The van der Waals surface area contributed by atoms with Gasteiger partial charge in [-0.3, -0.25) is 4.90 Å². The van der Waals surface area contributed by atoms with Crippen molar-refractivity contribution >= 4 is 11.8 Å². The van der Waals surface area contributed by atoms with Crippen molar-refractivity contribution in [1.82, 2.24) is 4.90 Å². The summed E-state index contributed by atoms with van der Waals surface area (Å²) in [7, 11) is 0. The molecule has 1 heterocycles.